The van der Waals surface area contributed by atoms with Crippen LogP contribution >= 0.6 is 11.6 Å². The smallest absolute Gasteiger partial charge is 0.258 e. The predicted octanol–water partition coefficient (Wildman–Crippen LogP) is 4.07. The van der Waals surface area contributed by atoms with Gasteiger partial charge in [0.25, 0.3) is 5.91 Å². The standard InChI is InChI=1S/C22H27ClN2O3/c1-27-17-9-11-18(12-10-17)28-16-22(26)24-15-21(25-13-5-2-6-14-25)19-7-3-4-8-20(19)23/h3-4,7-12,21H,2,5-6,13-16H2,1H3,(H,24,26)/t21-/m1/s1. The van der Waals surface area contributed by atoms with Crippen LogP contribution in [0.1, 0.15) is 30.9 Å². The Morgan fingerprint density at radius 1 is 1.07 bits per heavy atom. The molecule has 1 N–H and O–H groups in total. The molecule has 0 bridgehead atoms. The summed E-state index contributed by atoms with van der Waals surface area (Å²) in [5.74, 6) is 1.24. The maximum atomic E-state index is 12.3. The van der Waals surface area contributed by atoms with E-state index in [0.717, 1.165) is 29.4 Å². The highest BCUT2D eigenvalue weighted by molar-refractivity contribution is 6.31. The van der Waals surface area contributed by atoms with E-state index in [1.54, 1.807) is 31.4 Å². The largest absolute Gasteiger partial charge is 0.497 e. The average Bonchev–Trinajstić information content (AvgIpc) is 2.74. The van der Waals surface area contributed by atoms with Crippen LogP contribution in [-0.4, -0.2) is 44.2 Å². The molecule has 2 aromatic rings. The fourth-order valence-electron chi connectivity index (χ4n) is 3.49. The van der Waals surface area contributed by atoms with Crippen molar-refractivity contribution in [2.75, 3.05) is 33.4 Å². The molecule has 0 aliphatic carbocycles. The van der Waals surface area contributed by atoms with Crippen molar-refractivity contribution in [3.8, 4) is 11.5 Å². The molecule has 1 saturated heterocycles. The van der Waals surface area contributed by atoms with Gasteiger partial charge in [-0.05, 0) is 61.8 Å². The van der Waals surface area contributed by atoms with Crippen LogP contribution in [0.25, 0.3) is 0 Å². The number of benzene rings is 2. The van der Waals surface area contributed by atoms with Gasteiger partial charge in [-0.1, -0.05) is 36.2 Å². The number of carbonyl (C=O) groups is 1. The molecule has 28 heavy (non-hydrogen) atoms. The highest BCUT2D eigenvalue weighted by Gasteiger charge is 2.24. The van der Waals surface area contributed by atoms with Crippen molar-refractivity contribution >= 4 is 17.5 Å². The number of halogens is 1. The second-order valence-corrected chi connectivity index (χ2v) is 7.31. The SMILES string of the molecule is COc1ccc(OCC(=O)NC[C@H](c2ccccc2Cl)N2CCCCC2)cc1. The first-order valence-corrected chi connectivity index (χ1v) is 10.1. The van der Waals surface area contributed by atoms with Crippen LogP contribution in [0.4, 0.5) is 0 Å². The lowest BCUT2D eigenvalue weighted by atomic mass is 10.0. The Morgan fingerprint density at radius 2 is 1.75 bits per heavy atom. The molecule has 1 fully saturated rings. The van der Waals surface area contributed by atoms with Crippen LogP contribution in [0.2, 0.25) is 5.02 Å². The van der Waals surface area contributed by atoms with E-state index < -0.39 is 0 Å². The minimum atomic E-state index is -0.148. The predicted molar refractivity (Wildman–Crippen MR) is 111 cm³/mol. The number of hydrogen-bond acceptors (Lipinski definition) is 4. The normalized spacial score (nSPS) is 15.6. The van der Waals surface area contributed by atoms with E-state index >= 15 is 0 Å². The summed E-state index contributed by atoms with van der Waals surface area (Å²) in [6.45, 7) is 2.53. The summed E-state index contributed by atoms with van der Waals surface area (Å²) >= 11 is 6.45. The zero-order valence-corrected chi connectivity index (χ0v) is 17.0. The molecule has 0 aromatic heterocycles. The molecule has 3 rings (SSSR count). The number of carbonyl (C=O) groups excluding carboxylic acids is 1. The Labute approximate surface area is 171 Å². The van der Waals surface area contributed by atoms with Gasteiger partial charge in [0.2, 0.25) is 0 Å². The molecule has 0 unspecified atom stereocenters. The molecule has 1 aliphatic heterocycles. The summed E-state index contributed by atoms with van der Waals surface area (Å²) in [6.07, 6.45) is 3.61. The second-order valence-electron chi connectivity index (χ2n) is 6.90. The summed E-state index contributed by atoms with van der Waals surface area (Å²) in [6, 6.07) is 15.1. The van der Waals surface area contributed by atoms with Gasteiger partial charge in [0.1, 0.15) is 11.5 Å². The number of ether oxygens (including phenoxy) is 2. The summed E-state index contributed by atoms with van der Waals surface area (Å²) in [5, 5.41) is 3.75. The summed E-state index contributed by atoms with van der Waals surface area (Å²) in [5.41, 5.74) is 1.06. The topological polar surface area (TPSA) is 50.8 Å². The number of hydrogen-bond donors (Lipinski definition) is 1. The lowest BCUT2D eigenvalue weighted by molar-refractivity contribution is -0.123. The fourth-order valence-corrected chi connectivity index (χ4v) is 3.76. The van der Waals surface area contributed by atoms with Gasteiger partial charge < -0.3 is 14.8 Å². The number of methoxy groups -OCH3 is 1. The molecule has 0 radical (unpaired) electrons. The molecule has 6 heteroatoms. The number of amides is 1. The van der Waals surface area contributed by atoms with E-state index in [1.807, 2.05) is 24.3 Å². The third kappa shape index (κ3) is 5.63. The van der Waals surface area contributed by atoms with Crippen LogP contribution < -0.4 is 14.8 Å². The first-order valence-electron chi connectivity index (χ1n) is 9.69. The minimum absolute atomic E-state index is 0.0262. The van der Waals surface area contributed by atoms with Gasteiger partial charge in [0.15, 0.2) is 6.61 Å². The fraction of sp³-hybridized carbons (Fsp3) is 0.409. The Kier molecular flexibility index (Phi) is 7.57. The molecule has 1 aliphatic rings. The van der Waals surface area contributed by atoms with Crippen LogP contribution in [0.5, 0.6) is 11.5 Å². The quantitative estimate of drug-likeness (QED) is 0.723. The summed E-state index contributed by atoms with van der Waals surface area (Å²) < 4.78 is 10.7. The third-order valence-electron chi connectivity index (χ3n) is 5.02. The zero-order valence-electron chi connectivity index (χ0n) is 16.2. The van der Waals surface area contributed by atoms with E-state index in [0.29, 0.717) is 12.3 Å². The van der Waals surface area contributed by atoms with Gasteiger partial charge in [-0.25, -0.2) is 0 Å². The van der Waals surface area contributed by atoms with Gasteiger partial charge in [0, 0.05) is 11.6 Å². The Morgan fingerprint density at radius 3 is 2.43 bits per heavy atom. The highest BCUT2D eigenvalue weighted by atomic mass is 35.5. The number of likely N-dealkylation sites (tertiary alicyclic amines) is 1. The van der Waals surface area contributed by atoms with Gasteiger partial charge in [-0.15, -0.1) is 0 Å². The number of piperidine rings is 1. The van der Waals surface area contributed by atoms with E-state index in [-0.39, 0.29) is 18.6 Å². The van der Waals surface area contributed by atoms with Crippen LogP contribution in [0.3, 0.4) is 0 Å². The molecule has 150 valence electrons. The molecule has 2 aromatic carbocycles. The van der Waals surface area contributed by atoms with Crippen molar-refractivity contribution < 1.29 is 14.3 Å². The first-order chi connectivity index (χ1) is 13.7. The van der Waals surface area contributed by atoms with E-state index in [2.05, 4.69) is 10.2 Å². The summed E-state index contributed by atoms with van der Waals surface area (Å²) in [4.78, 5) is 14.7. The van der Waals surface area contributed by atoms with Gasteiger partial charge in [-0.2, -0.15) is 0 Å². The Bertz CT molecular complexity index is 761. The van der Waals surface area contributed by atoms with Crippen molar-refractivity contribution in [1.29, 1.82) is 0 Å². The number of rotatable bonds is 8. The van der Waals surface area contributed by atoms with E-state index in [4.69, 9.17) is 21.1 Å². The van der Waals surface area contributed by atoms with Crippen molar-refractivity contribution in [1.82, 2.24) is 10.2 Å². The number of nitrogens with zero attached hydrogens (tertiary/aromatic N) is 1. The monoisotopic (exact) mass is 402 g/mol. The molecule has 0 saturated carbocycles. The zero-order chi connectivity index (χ0) is 19.8. The second kappa shape index (κ2) is 10.3. The van der Waals surface area contributed by atoms with Crippen LogP contribution in [0, 0.1) is 0 Å². The average molecular weight is 403 g/mol. The molecule has 1 atom stereocenters. The molecule has 0 spiro atoms. The van der Waals surface area contributed by atoms with Gasteiger partial charge in [0.05, 0.1) is 13.2 Å². The van der Waals surface area contributed by atoms with Gasteiger partial charge >= 0.3 is 0 Å². The Balaban J connectivity index is 1.57. The lowest BCUT2D eigenvalue weighted by Gasteiger charge is -2.35. The van der Waals surface area contributed by atoms with E-state index in [9.17, 15) is 4.79 Å². The van der Waals surface area contributed by atoms with Crippen LogP contribution in [0.15, 0.2) is 48.5 Å². The van der Waals surface area contributed by atoms with Crippen molar-refractivity contribution in [3.05, 3.63) is 59.1 Å². The van der Waals surface area contributed by atoms with Crippen molar-refractivity contribution in [2.24, 2.45) is 0 Å². The maximum Gasteiger partial charge on any atom is 0.258 e. The maximum absolute atomic E-state index is 12.3. The summed E-state index contributed by atoms with van der Waals surface area (Å²) in [7, 11) is 1.61. The molecule has 1 heterocycles. The molecular formula is C22H27ClN2O3. The van der Waals surface area contributed by atoms with E-state index in [1.165, 1.54) is 19.3 Å². The van der Waals surface area contributed by atoms with Crippen LogP contribution in [-0.2, 0) is 4.79 Å². The minimum Gasteiger partial charge on any atom is -0.497 e. The van der Waals surface area contributed by atoms with Crippen molar-refractivity contribution in [2.45, 2.75) is 25.3 Å². The first kappa shape index (κ1) is 20.5. The third-order valence-corrected chi connectivity index (χ3v) is 5.36. The molecular weight excluding hydrogens is 376 g/mol. The lowest BCUT2D eigenvalue weighted by Crippen LogP contribution is -2.41. The molecule has 1 amide bonds. The molecule has 5 nitrogen and oxygen atoms in total. The highest BCUT2D eigenvalue weighted by Crippen LogP contribution is 2.29. The Hall–Kier alpha value is -2.24. The number of nitrogens with one attached hydrogen (secondary N) is 1. The van der Waals surface area contributed by atoms with Gasteiger partial charge in [-0.3, -0.25) is 9.69 Å². The van der Waals surface area contributed by atoms with Crippen molar-refractivity contribution in [3.63, 3.8) is 0 Å².